The number of halogens is 6. The molecule has 0 saturated heterocycles. The van der Waals surface area contributed by atoms with E-state index in [1.54, 1.807) is 0 Å². The molecule has 35 heavy (non-hydrogen) atoms. The van der Waals surface area contributed by atoms with Crippen molar-refractivity contribution in [3.8, 4) is 11.5 Å². The molecule has 0 aliphatic heterocycles. The number of carbonyl (C=O) groups excluding carboxylic acids is 1. The van der Waals surface area contributed by atoms with Gasteiger partial charge in [0, 0.05) is 15.7 Å². The number of hydrogen-bond acceptors (Lipinski definition) is 5. The number of ether oxygens (including phenoxy) is 1. The van der Waals surface area contributed by atoms with Crippen LogP contribution in [0.1, 0.15) is 5.56 Å². The molecule has 0 fully saturated rings. The molecule has 0 saturated carbocycles. The van der Waals surface area contributed by atoms with Gasteiger partial charge in [-0.2, -0.15) is 13.2 Å². The van der Waals surface area contributed by atoms with Gasteiger partial charge in [0.1, 0.15) is 15.9 Å². The number of carbonyl (C=O) groups is 1. The number of rotatable bonds is 5. The summed E-state index contributed by atoms with van der Waals surface area (Å²) in [5.74, 6) is -0.503. The number of urea groups is 1. The Kier molecular flexibility index (Phi) is 9.76. The van der Waals surface area contributed by atoms with Gasteiger partial charge in [-0.05, 0) is 54.6 Å². The standard InChI is InChI=1S/C20H12Cl3F3N2O5S.Na/c21-10-1-5-16(33-17-6-2-11(22)8-18(17)34(30,31)32)15(7-10)28-19(29)27-12-3-4-14(23)13(9-12)20(24,25)26;/h1-9H,(H2,27,28,29)(H,30,31,32);/q;+1/p-1. The van der Waals surface area contributed by atoms with Crippen molar-refractivity contribution in [2.75, 3.05) is 10.6 Å². The van der Waals surface area contributed by atoms with Crippen LogP contribution in [-0.4, -0.2) is 19.0 Å². The molecular weight excluding hydrogens is 567 g/mol. The van der Waals surface area contributed by atoms with Crippen molar-refractivity contribution in [3.05, 3.63) is 75.2 Å². The second-order valence-electron chi connectivity index (χ2n) is 6.56. The van der Waals surface area contributed by atoms with Gasteiger partial charge in [-0.1, -0.05) is 34.8 Å². The molecule has 3 rings (SSSR count). The van der Waals surface area contributed by atoms with E-state index in [9.17, 15) is 30.9 Å². The summed E-state index contributed by atoms with van der Waals surface area (Å²) in [4.78, 5) is 11.7. The zero-order chi connectivity index (χ0) is 25.3. The number of anilines is 2. The third-order valence-electron chi connectivity index (χ3n) is 4.11. The number of amides is 2. The predicted octanol–water partition coefficient (Wildman–Crippen LogP) is 4.01. The molecule has 180 valence electrons. The fourth-order valence-electron chi connectivity index (χ4n) is 2.67. The van der Waals surface area contributed by atoms with E-state index in [4.69, 9.17) is 39.5 Å². The summed E-state index contributed by atoms with van der Waals surface area (Å²) in [6.07, 6.45) is -4.74. The van der Waals surface area contributed by atoms with Gasteiger partial charge in [-0.3, -0.25) is 0 Å². The van der Waals surface area contributed by atoms with E-state index in [1.165, 1.54) is 24.3 Å². The topological polar surface area (TPSA) is 108 Å². The minimum absolute atomic E-state index is 0. The summed E-state index contributed by atoms with van der Waals surface area (Å²) >= 11 is 17.3. The number of nitrogens with one attached hydrogen (secondary N) is 2. The first-order valence-corrected chi connectivity index (χ1v) is 11.5. The normalized spacial score (nSPS) is 11.4. The van der Waals surface area contributed by atoms with Crippen LogP contribution in [0.3, 0.4) is 0 Å². The van der Waals surface area contributed by atoms with Gasteiger partial charge in [0.15, 0.2) is 5.75 Å². The third-order valence-corrected chi connectivity index (χ3v) is 5.77. The van der Waals surface area contributed by atoms with Crippen molar-refractivity contribution >= 4 is 62.3 Å². The van der Waals surface area contributed by atoms with E-state index in [1.807, 2.05) is 0 Å². The van der Waals surface area contributed by atoms with Crippen molar-refractivity contribution in [1.29, 1.82) is 0 Å². The Labute approximate surface area is 234 Å². The van der Waals surface area contributed by atoms with E-state index in [0.29, 0.717) is 6.07 Å². The van der Waals surface area contributed by atoms with Gasteiger partial charge >= 0.3 is 41.8 Å². The molecule has 15 heteroatoms. The van der Waals surface area contributed by atoms with Crippen molar-refractivity contribution in [2.45, 2.75) is 11.1 Å². The Balaban J connectivity index is 0.00000432. The van der Waals surface area contributed by atoms with Crippen LogP contribution in [0.25, 0.3) is 0 Å². The van der Waals surface area contributed by atoms with Gasteiger partial charge in [0.25, 0.3) is 0 Å². The Morgan fingerprint density at radius 3 is 2.09 bits per heavy atom. The molecule has 0 atom stereocenters. The second-order valence-corrected chi connectivity index (χ2v) is 9.19. The zero-order valence-electron chi connectivity index (χ0n) is 17.4. The van der Waals surface area contributed by atoms with E-state index in [2.05, 4.69) is 10.6 Å². The van der Waals surface area contributed by atoms with Crippen molar-refractivity contribution < 1.29 is 65.2 Å². The van der Waals surface area contributed by atoms with Crippen LogP contribution in [0.15, 0.2) is 59.5 Å². The summed E-state index contributed by atoms with van der Waals surface area (Å²) in [6.45, 7) is 0. The van der Waals surface area contributed by atoms with E-state index in [0.717, 1.165) is 24.3 Å². The van der Waals surface area contributed by atoms with Gasteiger partial charge in [-0.25, -0.2) is 13.2 Å². The Hall–Kier alpha value is -1.70. The first-order chi connectivity index (χ1) is 15.7. The molecule has 7 nitrogen and oxygen atoms in total. The van der Waals surface area contributed by atoms with Crippen molar-refractivity contribution in [1.82, 2.24) is 0 Å². The SMILES string of the molecule is O=C(Nc1ccc(Cl)c(C(F)(F)F)c1)Nc1cc(Cl)ccc1Oc1ccc(Cl)cc1S(=O)(=O)[O-].[Na+]. The van der Waals surface area contributed by atoms with Crippen LogP contribution in [0.5, 0.6) is 11.5 Å². The number of hydrogen-bond donors (Lipinski definition) is 2. The molecule has 0 radical (unpaired) electrons. The van der Waals surface area contributed by atoms with Gasteiger partial charge in [-0.15, -0.1) is 0 Å². The van der Waals surface area contributed by atoms with Gasteiger partial charge in [0.05, 0.1) is 21.2 Å². The summed E-state index contributed by atoms with van der Waals surface area (Å²) in [5, 5.41) is 4.11. The molecule has 0 aromatic heterocycles. The molecule has 3 aromatic rings. The van der Waals surface area contributed by atoms with Crippen molar-refractivity contribution in [2.24, 2.45) is 0 Å². The smallest absolute Gasteiger partial charge is 0.744 e. The molecule has 0 aliphatic rings. The van der Waals surface area contributed by atoms with E-state index < -0.39 is 37.8 Å². The Morgan fingerprint density at radius 1 is 0.886 bits per heavy atom. The van der Waals surface area contributed by atoms with Crippen LogP contribution in [0.4, 0.5) is 29.3 Å². The fourth-order valence-corrected chi connectivity index (χ4v) is 3.93. The van der Waals surface area contributed by atoms with Gasteiger partial charge in [0.2, 0.25) is 0 Å². The summed E-state index contributed by atoms with van der Waals surface area (Å²) in [6, 6.07) is 8.98. The van der Waals surface area contributed by atoms with E-state index in [-0.39, 0.29) is 62.5 Å². The zero-order valence-corrected chi connectivity index (χ0v) is 22.5. The number of alkyl halides is 3. The minimum Gasteiger partial charge on any atom is -0.744 e. The molecule has 0 unspecified atom stereocenters. The summed E-state index contributed by atoms with van der Waals surface area (Å²) < 4.78 is 79.3. The maximum atomic E-state index is 13.0. The molecule has 0 spiro atoms. The Bertz CT molecular complexity index is 1370. The molecule has 0 bridgehead atoms. The van der Waals surface area contributed by atoms with Crippen LogP contribution in [0, 0.1) is 0 Å². The maximum absolute atomic E-state index is 13.0. The average molecular weight is 578 g/mol. The maximum Gasteiger partial charge on any atom is 1.00 e. The quantitative estimate of drug-likeness (QED) is 0.352. The largest absolute Gasteiger partial charge is 1.00 e. The van der Waals surface area contributed by atoms with Gasteiger partial charge < -0.3 is 19.9 Å². The number of benzene rings is 3. The first-order valence-electron chi connectivity index (χ1n) is 8.91. The monoisotopic (exact) mass is 576 g/mol. The van der Waals surface area contributed by atoms with Crippen LogP contribution in [0.2, 0.25) is 15.1 Å². The van der Waals surface area contributed by atoms with Crippen LogP contribution in [-0.2, 0) is 16.3 Å². The molecule has 0 aliphatic carbocycles. The molecule has 2 N–H and O–H groups in total. The third kappa shape index (κ3) is 7.89. The second kappa shape index (κ2) is 11.6. The molecule has 0 heterocycles. The molecule has 3 aromatic carbocycles. The Morgan fingerprint density at radius 2 is 1.49 bits per heavy atom. The molecule has 2 amide bonds. The first kappa shape index (κ1) is 29.5. The fraction of sp³-hybridized carbons (Fsp3) is 0.0500. The predicted molar refractivity (Wildman–Crippen MR) is 120 cm³/mol. The molecular formula is C20H11Cl3F3N2NaO5S. The minimum atomic E-state index is -4.97. The van der Waals surface area contributed by atoms with Crippen LogP contribution < -0.4 is 44.9 Å². The average Bonchev–Trinajstić information content (AvgIpc) is 2.71. The summed E-state index contributed by atoms with van der Waals surface area (Å²) in [5.41, 5.74) is -1.44. The van der Waals surface area contributed by atoms with E-state index >= 15 is 0 Å². The van der Waals surface area contributed by atoms with Crippen LogP contribution >= 0.6 is 34.8 Å². The summed E-state index contributed by atoms with van der Waals surface area (Å²) in [7, 11) is -4.97. The van der Waals surface area contributed by atoms with Crippen molar-refractivity contribution in [3.63, 3.8) is 0 Å².